The van der Waals surface area contributed by atoms with E-state index in [0.29, 0.717) is 16.7 Å². The van der Waals surface area contributed by atoms with E-state index >= 15 is 0 Å². The number of halogens is 1. The van der Waals surface area contributed by atoms with Gasteiger partial charge < -0.3 is 5.11 Å². The maximum Gasteiger partial charge on any atom is 0.131 e. The molecule has 0 fully saturated rings. The Kier molecular flexibility index (Phi) is 4.94. The predicted molar refractivity (Wildman–Crippen MR) is 85.2 cm³/mol. The summed E-state index contributed by atoms with van der Waals surface area (Å²) in [4.78, 5) is 0. The number of rotatable bonds is 2. The van der Waals surface area contributed by atoms with Crippen molar-refractivity contribution in [1.29, 1.82) is 0 Å². The van der Waals surface area contributed by atoms with Gasteiger partial charge in [0, 0.05) is 5.56 Å². The third-order valence-corrected chi connectivity index (χ3v) is 3.27. The molecule has 0 saturated carbocycles. The van der Waals surface area contributed by atoms with Crippen LogP contribution in [0.4, 0.5) is 4.39 Å². The fraction of sp³-hybridized carbons (Fsp3) is 0.158. The smallest absolute Gasteiger partial charge is 0.131 e. The highest BCUT2D eigenvalue weighted by molar-refractivity contribution is 5.66. The summed E-state index contributed by atoms with van der Waals surface area (Å²) in [6.07, 6.45) is 0. The van der Waals surface area contributed by atoms with Crippen LogP contribution in [0.25, 0.3) is 11.1 Å². The molecule has 0 bridgehead atoms. The lowest BCUT2D eigenvalue weighted by molar-refractivity contribution is 0.462. The van der Waals surface area contributed by atoms with Crippen LogP contribution in [0.1, 0.15) is 25.3 Å². The first kappa shape index (κ1) is 15.0. The minimum Gasteiger partial charge on any atom is -0.508 e. The summed E-state index contributed by atoms with van der Waals surface area (Å²) in [5.41, 5.74) is 1.74. The molecule has 2 aromatic rings. The molecule has 0 saturated heterocycles. The minimum atomic E-state index is -0.322. The average molecular weight is 282 g/mol. The zero-order valence-corrected chi connectivity index (χ0v) is 12.3. The van der Waals surface area contributed by atoms with Crippen LogP contribution in [0.3, 0.4) is 0 Å². The molecule has 0 aromatic heterocycles. The van der Waals surface area contributed by atoms with Gasteiger partial charge in [-0.1, -0.05) is 68.4 Å². The molecule has 2 rings (SSSR count). The Hall–Kier alpha value is -2.35. The van der Waals surface area contributed by atoms with E-state index in [-0.39, 0.29) is 17.5 Å². The van der Waals surface area contributed by atoms with E-state index in [1.807, 2.05) is 68.4 Å². The van der Waals surface area contributed by atoms with E-state index in [1.54, 1.807) is 0 Å². The van der Waals surface area contributed by atoms with Crippen molar-refractivity contribution in [3.05, 3.63) is 78.1 Å². The van der Waals surface area contributed by atoms with Gasteiger partial charge in [0.15, 0.2) is 0 Å². The molecular weight excluding hydrogens is 263 g/mol. The normalized spacial score (nSPS) is 10.3. The van der Waals surface area contributed by atoms with E-state index in [1.165, 1.54) is 12.1 Å². The molecule has 0 radical (unpaired) electrons. The van der Waals surface area contributed by atoms with Crippen LogP contribution < -0.4 is 0 Å². The lowest BCUT2D eigenvalue weighted by atomic mass is 9.97. The molecule has 0 spiro atoms. The molecular formula is C19H19FO. The van der Waals surface area contributed by atoms with Crippen LogP contribution in [0.15, 0.2) is 66.7 Å². The van der Waals surface area contributed by atoms with Gasteiger partial charge in [0.1, 0.15) is 11.6 Å². The lowest BCUT2D eigenvalue weighted by Crippen LogP contribution is -1.92. The zero-order chi connectivity index (χ0) is 15.2. The topological polar surface area (TPSA) is 20.2 Å². The van der Waals surface area contributed by atoms with Crippen molar-refractivity contribution in [3.8, 4) is 16.9 Å². The van der Waals surface area contributed by atoms with Gasteiger partial charge in [-0.3, -0.25) is 0 Å². The maximum atomic E-state index is 14.3. The monoisotopic (exact) mass is 282 g/mol. The van der Waals surface area contributed by atoms with Crippen molar-refractivity contribution in [2.45, 2.75) is 19.8 Å². The SMILES string of the molecule is CC(C)c1cc(F)c(-c2ccccccccc2)cc1O. The molecule has 0 unspecified atom stereocenters. The Morgan fingerprint density at radius 1 is 0.857 bits per heavy atom. The molecule has 2 heteroatoms. The van der Waals surface area contributed by atoms with Crippen molar-refractivity contribution < 1.29 is 9.50 Å². The van der Waals surface area contributed by atoms with E-state index < -0.39 is 0 Å². The van der Waals surface area contributed by atoms with Gasteiger partial charge in [0.05, 0.1) is 0 Å². The van der Waals surface area contributed by atoms with Gasteiger partial charge >= 0.3 is 0 Å². The predicted octanol–water partition coefficient (Wildman–Crippen LogP) is 5.45. The fourth-order valence-corrected chi connectivity index (χ4v) is 2.14. The molecule has 1 nitrogen and oxygen atoms in total. The van der Waals surface area contributed by atoms with Gasteiger partial charge in [-0.05, 0) is 29.2 Å². The summed E-state index contributed by atoms with van der Waals surface area (Å²) in [6.45, 7) is 3.85. The highest BCUT2D eigenvalue weighted by Crippen LogP contribution is 2.32. The molecule has 108 valence electrons. The van der Waals surface area contributed by atoms with Crippen LogP contribution >= 0.6 is 0 Å². The zero-order valence-electron chi connectivity index (χ0n) is 12.3. The second-order valence-corrected chi connectivity index (χ2v) is 5.18. The molecule has 0 heterocycles. The van der Waals surface area contributed by atoms with Gasteiger partial charge in [0.25, 0.3) is 0 Å². The Morgan fingerprint density at radius 2 is 1.38 bits per heavy atom. The fourth-order valence-electron chi connectivity index (χ4n) is 2.14. The number of benzene rings is 1. The van der Waals surface area contributed by atoms with Gasteiger partial charge in [-0.2, -0.15) is 0 Å². The molecule has 0 aliphatic rings. The van der Waals surface area contributed by atoms with Crippen molar-refractivity contribution >= 4 is 0 Å². The Bertz CT molecular complexity index is 651. The molecule has 0 aliphatic carbocycles. The van der Waals surface area contributed by atoms with E-state index in [4.69, 9.17) is 0 Å². The largest absolute Gasteiger partial charge is 0.508 e. The van der Waals surface area contributed by atoms with Crippen LogP contribution in [0, 0.1) is 5.82 Å². The number of hydrogen-bond donors (Lipinski definition) is 1. The van der Waals surface area contributed by atoms with Gasteiger partial charge in [0.2, 0.25) is 0 Å². The highest BCUT2D eigenvalue weighted by Gasteiger charge is 2.12. The lowest BCUT2D eigenvalue weighted by Gasteiger charge is -2.11. The molecule has 0 amide bonds. The van der Waals surface area contributed by atoms with Crippen molar-refractivity contribution in [1.82, 2.24) is 0 Å². The summed E-state index contributed by atoms with van der Waals surface area (Å²) in [5.74, 6) is -0.111. The highest BCUT2D eigenvalue weighted by atomic mass is 19.1. The van der Waals surface area contributed by atoms with Crippen molar-refractivity contribution in [3.63, 3.8) is 0 Å². The first-order chi connectivity index (χ1) is 10.1. The Balaban J connectivity index is 2.59. The van der Waals surface area contributed by atoms with Crippen molar-refractivity contribution in [2.24, 2.45) is 0 Å². The standard InChI is InChI=1S/C19H19FO/c1-14(2)16-12-18(20)17(13-19(16)21)15-10-8-6-4-3-5-7-9-11-15/h3-14,21H,1-2H3. The number of hydrogen-bond acceptors (Lipinski definition) is 1. The molecule has 2 aromatic carbocycles. The third-order valence-electron chi connectivity index (χ3n) is 3.27. The molecule has 0 aliphatic heterocycles. The summed E-state index contributed by atoms with van der Waals surface area (Å²) in [6, 6.07) is 19.8. The van der Waals surface area contributed by atoms with Crippen LogP contribution in [-0.4, -0.2) is 5.11 Å². The van der Waals surface area contributed by atoms with E-state index in [9.17, 15) is 9.50 Å². The number of phenolic OH excluding ortho intramolecular Hbond substituents is 1. The van der Waals surface area contributed by atoms with Crippen LogP contribution in [-0.2, 0) is 0 Å². The maximum absolute atomic E-state index is 14.3. The summed E-state index contributed by atoms with van der Waals surface area (Å²) >= 11 is 0. The quantitative estimate of drug-likeness (QED) is 0.777. The van der Waals surface area contributed by atoms with Gasteiger partial charge in [-0.25, -0.2) is 4.39 Å². The van der Waals surface area contributed by atoms with Crippen LogP contribution in [0.2, 0.25) is 0 Å². The summed E-state index contributed by atoms with van der Waals surface area (Å²) < 4.78 is 14.3. The summed E-state index contributed by atoms with van der Waals surface area (Å²) in [7, 11) is 0. The number of aromatic hydroxyl groups is 1. The van der Waals surface area contributed by atoms with E-state index in [2.05, 4.69) is 0 Å². The molecule has 1 N–H and O–H groups in total. The first-order valence-electron chi connectivity index (χ1n) is 7.00. The minimum absolute atomic E-state index is 0.0788. The molecule has 21 heavy (non-hydrogen) atoms. The second kappa shape index (κ2) is 6.89. The molecule has 0 atom stereocenters. The third kappa shape index (κ3) is 3.82. The summed E-state index contributed by atoms with van der Waals surface area (Å²) in [5, 5.41) is 10.1. The van der Waals surface area contributed by atoms with E-state index in [0.717, 1.165) is 0 Å². The number of phenols is 1. The second-order valence-electron chi connectivity index (χ2n) is 5.18. The average Bonchev–Trinajstić information content (AvgIpc) is 2.46. The van der Waals surface area contributed by atoms with Gasteiger partial charge in [-0.15, -0.1) is 0 Å². The Labute approximate surface area is 125 Å². The van der Waals surface area contributed by atoms with Crippen molar-refractivity contribution in [2.75, 3.05) is 0 Å². The van der Waals surface area contributed by atoms with Crippen LogP contribution in [0.5, 0.6) is 5.75 Å². The Morgan fingerprint density at radius 3 is 1.90 bits per heavy atom. The first-order valence-corrected chi connectivity index (χ1v) is 7.00.